The molecular weight excluding hydrogens is 154 g/mol. The zero-order valence-corrected chi connectivity index (χ0v) is 7.54. The molecule has 0 unspecified atom stereocenters. The molecule has 0 heterocycles. The SMILES string of the molecule is CC(C)[C@H](C=O)NC(=O)C1CC1. The Balaban J connectivity index is 2.35. The zero-order chi connectivity index (χ0) is 9.14. The van der Waals surface area contributed by atoms with E-state index in [0.29, 0.717) is 0 Å². The zero-order valence-electron chi connectivity index (χ0n) is 7.54. The predicted molar refractivity (Wildman–Crippen MR) is 45.6 cm³/mol. The summed E-state index contributed by atoms with van der Waals surface area (Å²) in [7, 11) is 0. The first-order chi connectivity index (χ1) is 5.65. The highest BCUT2D eigenvalue weighted by atomic mass is 16.2. The molecule has 68 valence electrons. The fraction of sp³-hybridized carbons (Fsp3) is 0.778. The number of aldehydes is 1. The number of carbonyl (C=O) groups is 2. The molecular formula is C9H15NO2. The van der Waals surface area contributed by atoms with E-state index in [1.165, 1.54) is 0 Å². The molecule has 0 aromatic carbocycles. The largest absolute Gasteiger partial charge is 0.346 e. The van der Waals surface area contributed by atoms with E-state index in [9.17, 15) is 9.59 Å². The molecule has 1 atom stereocenters. The van der Waals surface area contributed by atoms with E-state index >= 15 is 0 Å². The second kappa shape index (κ2) is 3.70. The lowest BCUT2D eigenvalue weighted by atomic mass is 10.1. The Kier molecular flexibility index (Phi) is 2.84. The molecule has 0 aliphatic heterocycles. The average Bonchev–Trinajstić information content (AvgIpc) is 2.80. The van der Waals surface area contributed by atoms with Crippen LogP contribution in [0.4, 0.5) is 0 Å². The van der Waals surface area contributed by atoms with Gasteiger partial charge in [0.05, 0.1) is 6.04 Å². The summed E-state index contributed by atoms with van der Waals surface area (Å²) in [6.45, 7) is 3.85. The van der Waals surface area contributed by atoms with Gasteiger partial charge in [0.2, 0.25) is 5.91 Å². The van der Waals surface area contributed by atoms with E-state index in [1.807, 2.05) is 13.8 Å². The van der Waals surface area contributed by atoms with Crippen molar-refractivity contribution in [2.75, 3.05) is 0 Å². The third-order valence-corrected chi connectivity index (χ3v) is 2.12. The van der Waals surface area contributed by atoms with Gasteiger partial charge in [-0.1, -0.05) is 13.8 Å². The van der Waals surface area contributed by atoms with Gasteiger partial charge in [-0.25, -0.2) is 0 Å². The van der Waals surface area contributed by atoms with Crippen molar-refractivity contribution in [1.29, 1.82) is 0 Å². The summed E-state index contributed by atoms with van der Waals surface area (Å²) in [5, 5.41) is 2.72. The van der Waals surface area contributed by atoms with Gasteiger partial charge in [0, 0.05) is 5.92 Å². The molecule has 0 saturated heterocycles. The third-order valence-electron chi connectivity index (χ3n) is 2.12. The lowest BCUT2D eigenvalue weighted by Gasteiger charge is -2.15. The Morgan fingerprint density at radius 3 is 2.42 bits per heavy atom. The molecule has 0 aromatic rings. The quantitative estimate of drug-likeness (QED) is 0.631. The minimum atomic E-state index is -0.307. The van der Waals surface area contributed by atoms with Crippen molar-refractivity contribution in [3.8, 4) is 0 Å². The van der Waals surface area contributed by atoms with Crippen molar-refractivity contribution in [2.24, 2.45) is 11.8 Å². The van der Waals surface area contributed by atoms with Gasteiger partial charge in [0.15, 0.2) is 0 Å². The second-order valence-electron chi connectivity index (χ2n) is 3.69. The van der Waals surface area contributed by atoms with Crippen molar-refractivity contribution >= 4 is 12.2 Å². The van der Waals surface area contributed by atoms with Gasteiger partial charge in [-0.2, -0.15) is 0 Å². The maximum atomic E-state index is 11.2. The molecule has 0 radical (unpaired) electrons. The molecule has 3 heteroatoms. The second-order valence-corrected chi connectivity index (χ2v) is 3.69. The van der Waals surface area contributed by atoms with E-state index in [-0.39, 0.29) is 23.8 Å². The standard InChI is InChI=1S/C9H15NO2/c1-6(2)8(5-11)10-9(12)7-3-4-7/h5-8H,3-4H2,1-2H3,(H,10,12)/t8-/m0/s1. The molecule has 1 N–H and O–H groups in total. The maximum Gasteiger partial charge on any atom is 0.223 e. The Morgan fingerprint density at radius 2 is 2.08 bits per heavy atom. The van der Waals surface area contributed by atoms with Crippen LogP contribution in [0.5, 0.6) is 0 Å². The van der Waals surface area contributed by atoms with Crippen LogP contribution in [0.3, 0.4) is 0 Å². The van der Waals surface area contributed by atoms with Gasteiger partial charge < -0.3 is 10.1 Å². The highest BCUT2D eigenvalue weighted by Crippen LogP contribution is 2.28. The Labute approximate surface area is 72.5 Å². The van der Waals surface area contributed by atoms with Crippen LogP contribution in [0.2, 0.25) is 0 Å². The highest BCUT2D eigenvalue weighted by Gasteiger charge is 2.31. The Hall–Kier alpha value is -0.860. The molecule has 1 fully saturated rings. The summed E-state index contributed by atoms with van der Waals surface area (Å²) >= 11 is 0. The molecule has 12 heavy (non-hydrogen) atoms. The van der Waals surface area contributed by atoms with Crippen LogP contribution in [-0.2, 0) is 9.59 Å². The van der Waals surface area contributed by atoms with Crippen molar-refractivity contribution in [3.63, 3.8) is 0 Å². The fourth-order valence-electron chi connectivity index (χ4n) is 0.985. The van der Waals surface area contributed by atoms with Crippen LogP contribution in [0.25, 0.3) is 0 Å². The van der Waals surface area contributed by atoms with Gasteiger partial charge in [0.1, 0.15) is 6.29 Å². The predicted octanol–water partition coefficient (Wildman–Crippen LogP) is 0.736. The summed E-state index contributed by atoms with van der Waals surface area (Å²) in [5.74, 6) is 0.414. The summed E-state index contributed by atoms with van der Waals surface area (Å²) in [6, 6.07) is -0.307. The average molecular weight is 169 g/mol. The molecule has 1 aliphatic carbocycles. The molecule has 0 aromatic heterocycles. The van der Waals surface area contributed by atoms with Crippen LogP contribution in [0.1, 0.15) is 26.7 Å². The third kappa shape index (κ3) is 2.32. The first kappa shape index (κ1) is 9.23. The number of nitrogens with one attached hydrogen (secondary N) is 1. The number of carbonyl (C=O) groups excluding carboxylic acids is 2. The van der Waals surface area contributed by atoms with Gasteiger partial charge in [0.25, 0.3) is 0 Å². The number of rotatable bonds is 4. The minimum absolute atomic E-state index is 0.0424. The number of hydrogen-bond acceptors (Lipinski definition) is 2. The normalized spacial score (nSPS) is 18.9. The monoisotopic (exact) mass is 169 g/mol. The van der Waals surface area contributed by atoms with Crippen LogP contribution in [-0.4, -0.2) is 18.2 Å². The molecule has 1 amide bonds. The molecule has 0 spiro atoms. The van der Waals surface area contributed by atoms with Gasteiger partial charge in [-0.05, 0) is 18.8 Å². The Bertz CT molecular complexity index is 185. The maximum absolute atomic E-state index is 11.2. The molecule has 1 aliphatic rings. The smallest absolute Gasteiger partial charge is 0.223 e. The van der Waals surface area contributed by atoms with E-state index in [1.54, 1.807) is 0 Å². The summed E-state index contributed by atoms with van der Waals surface area (Å²) in [5.41, 5.74) is 0. The summed E-state index contributed by atoms with van der Waals surface area (Å²) < 4.78 is 0. The summed E-state index contributed by atoms with van der Waals surface area (Å²) in [6.07, 6.45) is 2.77. The highest BCUT2D eigenvalue weighted by molar-refractivity contribution is 5.83. The van der Waals surface area contributed by atoms with Crippen LogP contribution in [0.15, 0.2) is 0 Å². The van der Waals surface area contributed by atoms with Crippen molar-refractivity contribution in [3.05, 3.63) is 0 Å². The topological polar surface area (TPSA) is 46.2 Å². The van der Waals surface area contributed by atoms with Crippen molar-refractivity contribution in [1.82, 2.24) is 5.32 Å². The molecule has 0 bridgehead atoms. The fourth-order valence-corrected chi connectivity index (χ4v) is 0.985. The number of amides is 1. The molecule has 3 nitrogen and oxygen atoms in total. The van der Waals surface area contributed by atoms with Gasteiger partial charge >= 0.3 is 0 Å². The van der Waals surface area contributed by atoms with E-state index in [4.69, 9.17) is 0 Å². The first-order valence-electron chi connectivity index (χ1n) is 4.41. The Morgan fingerprint density at radius 1 is 1.50 bits per heavy atom. The first-order valence-corrected chi connectivity index (χ1v) is 4.41. The van der Waals surface area contributed by atoms with Crippen LogP contribution in [0, 0.1) is 11.8 Å². The molecule has 1 saturated carbocycles. The molecule has 1 rings (SSSR count). The lowest BCUT2D eigenvalue weighted by Crippen LogP contribution is -2.40. The van der Waals surface area contributed by atoms with Crippen LogP contribution < -0.4 is 5.32 Å². The van der Waals surface area contributed by atoms with Gasteiger partial charge in [-0.15, -0.1) is 0 Å². The van der Waals surface area contributed by atoms with E-state index in [0.717, 1.165) is 19.1 Å². The van der Waals surface area contributed by atoms with Crippen LogP contribution >= 0.6 is 0 Å². The van der Waals surface area contributed by atoms with Crippen molar-refractivity contribution < 1.29 is 9.59 Å². The summed E-state index contributed by atoms with van der Waals surface area (Å²) in [4.78, 5) is 21.7. The number of hydrogen-bond donors (Lipinski definition) is 1. The van der Waals surface area contributed by atoms with Crippen molar-refractivity contribution in [2.45, 2.75) is 32.7 Å². The minimum Gasteiger partial charge on any atom is -0.346 e. The van der Waals surface area contributed by atoms with E-state index < -0.39 is 0 Å². The van der Waals surface area contributed by atoms with Gasteiger partial charge in [-0.3, -0.25) is 4.79 Å². The lowest BCUT2D eigenvalue weighted by molar-refractivity contribution is -0.125. The van der Waals surface area contributed by atoms with E-state index in [2.05, 4.69) is 5.32 Å².